The second-order valence-corrected chi connectivity index (χ2v) is 5.44. The Hall–Kier alpha value is -1.52. The molecule has 2 rings (SSSR count). The van der Waals surface area contributed by atoms with Gasteiger partial charge in [0, 0.05) is 31.4 Å². The number of rotatable bonds is 6. The first-order valence-corrected chi connectivity index (χ1v) is 7.06. The summed E-state index contributed by atoms with van der Waals surface area (Å²) >= 11 is 6.24. The zero-order valence-electron chi connectivity index (χ0n) is 12.1. The van der Waals surface area contributed by atoms with E-state index in [1.165, 1.54) is 0 Å². The number of halogens is 1. The molecule has 2 aromatic rings. The van der Waals surface area contributed by atoms with E-state index in [1.54, 1.807) is 4.68 Å². The molecule has 0 aliphatic carbocycles. The van der Waals surface area contributed by atoms with E-state index in [0.29, 0.717) is 17.7 Å². The minimum absolute atomic E-state index is 0.414. The smallest absolute Gasteiger partial charge is 0.142 e. The Morgan fingerprint density at radius 3 is 2.80 bits per heavy atom. The van der Waals surface area contributed by atoms with Crippen LogP contribution in [0.5, 0.6) is 5.75 Å². The Balaban J connectivity index is 2.08. The number of hydrogen-bond donors (Lipinski definition) is 1. The van der Waals surface area contributed by atoms with E-state index in [2.05, 4.69) is 24.3 Å². The average Bonchev–Trinajstić information content (AvgIpc) is 2.81. The zero-order valence-corrected chi connectivity index (χ0v) is 12.8. The molecule has 0 aliphatic rings. The SMILES string of the molecule is CC(C)NCc1cccc(Cl)c1OCc1ccn(C)n1. The van der Waals surface area contributed by atoms with Crippen molar-refractivity contribution < 1.29 is 4.74 Å². The van der Waals surface area contributed by atoms with E-state index in [0.717, 1.165) is 23.6 Å². The summed E-state index contributed by atoms with van der Waals surface area (Å²) in [5, 5.41) is 8.29. The van der Waals surface area contributed by atoms with Gasteiger partial charge >= 0.3 is 0 Å². The van der Waals surface area contributed by atoms with Crippen molar-refractivity contribution in [2.75, 3.05) is 0 Å². The summed E-state index contributed by atoms with van der Waals surface area (Å²) < 4.78 is 7.61. The Morgan fingerprint density at radius 2 is 2.15 bits per heavy atom. The normalized spacial score (nSPS) is 11.1. The van der Waals surface area contributed by atoms with Crippen molar-refractivity contribution in [2.45, 2.75) is 33.0 Å². The van der Waals surface area contributed by atoms with Gasteiger partial charge in [-0.15, -0.1) is 0 Å². The molecule has 0 saturated heterocycles. The molecule has 0 fully saturated rings. The lowest BCUT2D eigenvalue weighted by Gasteiger charge is -2.14. The van der Waals surface area contributed by atoms with Gasteiger partial charge in [-0.3, -0.25) is 4.68 Å². The Bertz CT molecular complexity index is 566. The summed E-state index contributed by atoms with van der Waals surface area (Å²) in [6.45, 7) is 5.37. The van der Waals surface area contributed by atoms with Gasteiger partial charge in [0.25, 0.3) is 0 Å². The van der Waals surface area contributed by atoms with E-state index < -0.39 is 0 Å². The molecule has 0 saturated carbocycles. The third-order valence-corrected chi connectivity index (χ3v) is 3.18. The summed E-state index contributed by atoms with van der Waals surface area (Å²) in [6.07, 6.45) is 1.90. The van der Waals surface area contributed by atoms with E-state index in [9.17, 15) is 0 Å². The van der Waals surface area contributed by atoms with Crippen molar-refractivity contribution in [3.05, 3.63) is 46.7 Å². The first-order valence-electron chi connectivity index (χ1n) is 6.68. The van der Waals surface area contributed by atoms with Crippen LogP contribution in [0.4, 0.5) is 0 Å². The molecule has 108 valence electrons. The maximum absolute atomic E-state index is 6.24. The topological polar surface area (TPSA) is 39.1 Å². The van der Waals surface area contributed by atoms with Gasteiger partial charge in [-0.1, -0.05) is 37.6 Å². The Labute approximate surface area is 124 Å². The molecule has 0 atom stereocenters. The van der Waals surface area contributed by atoms with Crippen molar-refractivity contribution in [1.82, 2.24) is 15.1 Å². The van der Waals surface area contributed by atoms with Crippen LogP contribution in [0.25, 0.3) is 0 Å². The van der Waals surface area contributed by atoms with Crippen LogP contribution in [-0.4, -0.2) is 15.8 Å². The monoisotopic (exact) mass is 293 g/mol. The molecule has 0 spiro atoms. The van der Waals surface area contributed by atoms with Gasteiger partial charge in [-0.2, -0.15) is 5.10 Å². The third kappa shape index (κ3) is 3.99. The summed E-state index contributed by atoms with van der Waals surface area (Å²) in [7, 11) is 1.89. The Kier molecular flexibility index (Phi) is 5.04. The molecule has 20 heavy (non-hydrogen) atoms. The highest BCUT2D eigenvalue weighted by atomic mass is 35.5. The van der Waals surface area contributed by atoms with E-state index in [4.69, 9.17) is 16.3 Å². The van der Waals surface area contributed by atoms with Crippen LogP contribution in [-0.2, 0) is 20.2 Å². The standard InChI is InChI=1S/C15H20ClN3O/c1-11(2)17-9-12-5-4-6-14(16)15(12)20-10-13-7-8-19(3)18-13/h4-8,11,17H,9-10H2,1-3H3. The fourth-order valence-corrected chi connectivity index (χ4v) is 2.10. The van der Waals surface area contributed by atoms with Gasteiger partial charge in [0.1, 0.15) is 12.4 Å². The van der Waals surface area contributed by atoms with Gasteiger partial charge in [-0.25, -0.2) is 0 Å². The molecule has 4 nitrogen and oxygen atoms in total. The minimum atomic E-state index is 0.414. The summed E-state index contributed by atoms with van der Waals surface area (Å²) in [5.74, 6) is 0.730. The molecule has 1 N–H and O–H groups in total. The van der Waals surface area contributed by atoms with Crippen LogP contribution in [0.1, 0.15) is 25.1 Å². The van der Waals surface area contributed by atoms with Crippen molar-refractivity contribution in [3.8, 4) is 5.75 Å². The molecular formula is C15H20ClN3O. The molecular weight excluding hydrogens is 274 g/mol. The second kappa shape index (κ2) is 6.77. The number of hydrogen-bond acceptors (Lipinski definition) is 3. The lowest BCUT2D eigenvalue weighted by molar-refractivity contribution is 0.296. The molecule has 0 radical (unpaired) electrons. The van der Waals surface area contributed by atoms with Crippen LogP contribution < -0.4 is 10.1 Å². The summed E-state index contributed by atoms with van der Waals surface area (Å²) in [5.41, 5.74) is 1.94. The fraction of sp³-hybridized carbons (Fsp3) is 0.400. The molecule has 0 bridgehead atoms. The predicted molar refractivity (Wildman–Crippen MR) is 81.0 cm³/mol. The quantitative estimate of drug-likeness (QED) is 0.889. The molecule has 0 unspecified atom stereocenters. The summed E-state index contributed by atoms with van der Waals surface area (Å²) in [6, 6.07) is 8.15. The number of ether oxygens (including phenoxy) is 1. The first-order chi connectivity index (χ1) is 9.56. The highest BCUT2D eigenvalue weighted by molar-refractivity contribution is 6.32. The average molecular weight is 294 g/mol. The largest absolute Gasteiger partial charge is 0.485 e. The van der Waals surface area contributed by atoms with Crippen LogP contribution in [0.2, 0.25) is 5.02 Å². The minimum Gasteiger partial charge on any atom is -0.485 e. The number of nitrogens with one attached hydrogen (secondary N) is 1. The number of nitrogens with zero attached hydrogens (tertiary/aromatic N) is 2. The molecule has 0 aliphatic heterocycles. The van der Waals surface area contributed by atoms with Crippen molar-refractivity contribution in [1.29, 1.82) is 0 Å². The van der Waals surface area contributed by atoms with Gasteiger partial charge in [0.2, 0.25) is 0 Å². The highest BCUT2D eigenvalue weighted by Crippen LogP contribution is 2.29. The fourth-order valence-electron chi connectivity index (χ4n) is 1.85. The van der Waals surface area contributed by atoms with Crippen LogP contribution in [0.15, 0.2) is 30.5 Å². The van der Waals surface area contributed by atoms with E-state index in [-0.39, 0.29) is 0 Å². The number of para-hydroxylation sites is 1. The van der Waals surface area contributed by atoms with E-state index in [1.807, 2.05) is 37.5 Å². The van der Waals surface area contributed by atoms with Crippen LogP contribution in [0.3, 0.4) is 0 Å². The number of benzene rings is 1. The second-order valence-electron chi connectivity index (χ2n) is 5.03. The molecule has 0 amide bonds. The Morgan fingerprint density at radius 1 is 1.35 bits per heavy atom. The van der Waals surface area contributed by atoms with Gasteiger partial charge in [0.05, 0.1) is 10.7 Å². The van der Waals surface area contributed by atoms with Crippen molar-refractivity contribution >= 4 is 11.6 Å². The highest BCUT2D eigenvalue weighted by Gasteiger charge is 2.10. The van der Waals surface area contributed by atoms with Gasteiger partial charge in [-0.05, 0) is 12.1 Å². The number of aromatic nitrogens is 2. The van der Waals surface area contributed by atoms with Crippen molar-refractivity contribution in [3.63, 3.8) is 0 Å². The maximum atomic E-state index is 6.24. The van der Waals surface area contributed by atoms with Crippen molar-refractivity contribution in [2.24, 2.45) is 7.05 Å². The third-order valence-electron chi connectivity index (χ3n) is 2.88. The lowest BCUT2D eigenvalue weighted by atomic mass is 10.2. The lowest BCUT2D eigenvalue weighted by Crippen LogP contribution is -2.22. The first kappa shape index (κ1) is 14.9. The van der Waals surface area contributed by atoms with E-state index >= 15 is 0 Å². The van der Waals surface area contributed by atoms with Crippen LogP contribution in [0, 0.1) is 0 Å². The molecule has 1 aromatic heterocycles. The van der Waals surface area contributed by atoms with Gasteiger partial charge < -0.3 is 10.1 Å². The zero-order chi connectivity index (χ0) is 14.5. The maximum Gasteiger partial charge on any atom is 0.142 e. The van der Waals surface area contributed by atoms with Crippen LogP contribution >= 0.6 is 11.6 Å². The summed E-state index contributed by atoms with van der Waals surface area (Å²) in [4.78, 5) is 0. The predicted octanol–water partition coefficient (Wildman–Crippen LogP) is 3.15. The number of aryl methyl sites for hydroxylation is 1. The molecule has 5 heteroatoms. The molecule has 1 heterocycles. The van der Waals surface area contributed by atoms with Gasteiger partial charge in [0.15, 0.2) is 0 Å². The molecule has 1 aromatic carbocycles.